The van der Waals surface area contributed by atoms with Gasteiger partial charge in [0.2, 0.25) is 11.8 Å². The van der Waals surface area contributed by atoms with Crippen LogP contribution in [0.25, 0.3) is 0 Å². The number of nitrogens with zero attached hydrogens (tertiary/aromatic N) is 3. The van der Waals surface area contributed by atoms with Gasteiger partial charge in [-0.15, -0.1) is 0 Å². The lowest BCUT2D eigenvalue weighted by Gasteiger charge is -2.15. The Morgan fingerprint density at radius 3 is 2.77 bits per heavy atom. The van der Waals surface area contributed by atoms with Crippen LogP contribution in [-0.2, 0) is 9.59 Å². The van der Waals surface area contributed by atoms with Crippen molar-refractivity contribution in [1.29, 1.82) is 0 Å². The number of carbonyl (C=O) groups is 2. The highest BCUT2D eigenvalue weighted by Gasteiger charge is 2.46. The third-order valence-electron chi connectivity index (χ3n) is 4.72. The van der Waals surface area contributed by atoms with Gasteiger partial charge >= 0.3 is 0 Å². The standard InChI is InChI=1S/C20H16ClFN4O4S/c21-15-7-4-12(9-16(15)22)24-20-25(13-5-6-13)19(28)17(31-20)10-18(27)23-11-2-1-3-14(8-11)26(29)30/h1-4,7-9,13,17H,5-6,10H2,(H,23,27)/t17-/m0/s1. The third kappa shape index (κ3) is 4.86. The SMILES string of the molecule is O=C(C[C@@H]1SC(=Nc2ccc(Cl)c(F)c2)N(C2CC2)C1=O)Nc1cccc([N+](=O)[O-])c1. The number of amidine groups is 1. The minimum Gasteiger partial charge on any atom is -0.326 e. The van der Waals surface area contributed by atoms with Crippen LogP contribution in [0.5, 0.6) is 0 Å². The molecule has 1 saturated carbocycles. The molecule has 160 valence electrons. The molecule has 0 bridgehead atoms. The van der Waals surface area contributed by atoms with E-state index in [4.69, 9.17) is 11.6 Å². The molecule has 1 saturated heterocycles. The van der Waals surface area contributed by atoms with Crippen LogP contribution < -0.4 is 5.32 Å². The zero-order valence-corrected chi connectivity index (χ0v) is 17.5. The van der Waals surface area contributed by atoms with E-state index in [-0.39, 0.29) is 34.8 Å². The number of nitrogens with one attached hydrogen (secondary N) is 1. The van der Waals surface area contributed by atoms with Gasteiger partial charge in [0.05, 0.1) is 15.6 Å². The molecule has 1 heterocycles. The van der Waals surface area contributed by atoms with Crippen molar-refractivity contribution in [2.24, 2.45) is 4.99 Å². The van der Waals surface area contributed by atoms with Gasteiger partial charge in [0.15, 0.2) is 5.17 Å². The van der Waals surface area contributed by atoms with Crippen LogP contribution in [0.4, 0.5) is 21.5 Å². The first kappa shape index (κ1) is 21.3. The number of nitro benzene ring substituents is 1. The molecule has 0 spiro atoms. The van der Waals surface area contributed by atoms with E-state index >= 15 is 0 Å². The second kappa shape index (κ2) is 8.64. The van der Waals surface area contributed by atoms with Gasteiger partial charge in [-0.2, -0.15) is 0 Å². The molecule has 2 aliphatic rings. The lowest BCUT2D eigenvalue weighted by Crippen LogP contribution is -2.35. The van der Waals surface area contributed by atoms with Crippen LogP contribution in [0.2, 0.25) is 5.02 Å². The molecule has 11 heteroatoms. The summed E-state index contributed by atoms with van der Waals surface area (Å²) in [5.41, 5.74) is 0.456. The molecule has 2 aromatic carbocycles. The van der Waals surface area contributed by atoms with Crippen molar-refractivity contribution in [3.8, 4) is 0 Å². The summed E-state index contributed by atoms with van der Waals surface area (Å²) in [5.74, 6) is -1.28. The number of thioether (sulfide) groups is 1. The molecule has 2 aromatic rings. The van der Waals surface area contributed by atoms with Crippen LogP contribution in [0.3, 0.4) is 0 Å². The zero-order chi connectivity index (χ0) is 22.1. The van der Waals surface area contributed by atoms with Gasteiger partial charge in [0.25, 0.3) is 5.69 Å². The second-order valence-electron chi connectivity index (χ2n) is 7.10. The second-order valence-corrected chi connectivity index (χ2v) is 8.68. The fraction of sp³-hybridized carbons (Fsp3) is 0.250. The number of aliphatic imine (C=N–C) groups is 1. The molecule has 1 atom stereocenters. The van der Waals surface area contributed by atoms with Crippen LogP contribution in [0, 0.1) is 15.9 Å². The molecule has 4 rings (SSSR count). The lowest BCUT2D eigenvalue weighted by atomic mass is 10.2. The van der Waals surface area contributed by atoms with Gasteiger partial charge in [-0.3, -0.25) is 24.6 Å². The first-order chi connectivity index (χ1) is 14.8. The van der Waals surface area contributed by atoms with Crippen molar-refractivity contribution in [3.63, 3.8) is 0 Å². The maximum Gasteiger partial charge on any atom is 0.271 e. The maximum absolute atomic E-state index is 13.7. The number of nitro groups is 1. The summed E-state index contributed by atoms with van der Waals surface area (Å²) < 4.78 is 13.7. The Hall–Kier alpha value is -2.98. The molecule has 8 nitrogen and oxygen atoms in total. The Morgan fingerprint density at radius 2 is 2.10 bits per heavy atom. The number of hydrogen-bond donors (Lipinski definition) is 1. The molecule has 1 aliphatic heterocycles. The molecule has 2 fully saturated rings. The minimum absolute atomic E-state index is 0.0196. The summed E-state index contributed by atoms with van der Waals surface area (Å²) in [6, 6.07) is 9.73. The highest BCUT2D eigenvalue weighted by Crippen LogP contribution is 2.39. The number of anilines is 1. The molecule has 0 radical (unpaired) electrons. The monoisotopic (exact) mass is 462 g/mol. The van der Waals surface area contributed by atoms with E-state index in [1.165, 1.54) is 36.4 Å². The van der Waals surface area contributed by atoms with Crippen LogP contribution >= 0.6 is 23.4 Å². The van der Waals surface area contributed by atoms with E-state index in [0.717, 1.165) is 24.6 Å². The summed E-state index contributed by atoms with van der Waals surface area (Å²) in [6.45, 7) is 0. The van der Waals surface area contributed by atoms with Crippen molar-refractivity contribution in [2.45, 2.75) is 30.6 Å². The number of carbonyl (C=O) groups excluding carboxylic acids is 2. The third-order valence-corrected chi connectivity index (χ3v) is 6.18. The van der Waals surface area contributed by atoms with Crippen LogP contribution in [0.1, 0.15) is 19.3 Å². The van der Waals surface area contributed by atoms with E-state index in [1.807, 2.05) is 0 Å². The minimum atomic E-state index is -0.685. The van der Waals surface area contributed by atoms with Crippen molar-refractivity contribution in [3.05, 3.63) is 63.4 Å². The Balaban J connectivity index is 1.49. The average molecular weight is 463 g/mol. The Morgan fingerprint density at radius 1 is 1.32 bits per heavy atom. The largest absolute Gasteiger partial charge is 0.326 e. The first-order valence-electron chi connectivity index (χ1n) is 9.39. The number of non-ortho nitro benzene ring substituents is 1. The summed E-state index contributed by atoms with van der Waals surface area (Å²) in [6.07, 6.45) is 1.56. The Bertz CT molecular complexity index is 1110. The Labute approximate surface area is 185 Å². The quantitative estimate of drug-likeness (QED) is 0.502. The Kier molecular flexibility index (Phi) is 5.92. The van der Waals surface area contributed by atoms with Gasteiger partial charge in [0.1, 0.15) is 11.1 Å². The van der Waals surface area contributed by atoms with Gasteiger partial charge in [-0.1, -0.05) is 29.4 Å². The van der Waals surface area contributed by atoms with Crippen LogP contribution in [-0.4, -0.2) is 38.1 Å². The topological polar surface area (TPSA) is 105 Å². The van der Waals surface area contributed by atoms with Gasteiger partial charge < -0.3 is 5.32 Å². The summed E-state index contributed by atoms with van der Waals surface area (Å²) in [7, 11) is 0. The van der Waals surface area contributed by atoms with Crippen molar-refractivity contribution >= 4 is 57.4 Å². The normalized spacial score (nSPS) is 19.7. The zero-order valence-electron chi connectivity index (χ0n) is 16.0. The van der Waals surface area contributed by atoms with Crippen molar-refractivity contribution < 1.29 is 18.9 Å². The van der Waals surface area contributed by atoms with E-state index in [2.05, 4.69) is 10.3 Å². The highest BCUT2D eigenvalue weighted by molar-refractivity contribution is 8.15. The number of amides is 2. The van der Waals surface area contributed by atoms with Gasteiger partial charge in [-0.25, -0.2) is 9.38 Å². The molecule has 0 aromatic heterocycles. The summed E-state index contributed by atoms with van der Waals surface area (Å²) >= 11 is 6.86. The molecular formula is C20H16ClFN4O4S. The number of hydrogen-bond acceptors (Lipinski definition) is 6. The van der Waals surface area contributed by atoms with Crippen LogP contribution in [0.15, 0.2) is 47.5 Å². The highest BCUT2D eigenvalue weighted by atomic mass is 35.5. The lowest BCUT2D eigenvalue weighted by molar-refractivity contribution is -0.384. The smallest absolute Gasteiger partial charge is 0.271 e. The fourth-order valence-electron chi connectivity index (χ4n) is 3.10. The summed E-state index contributed by atoms with van der Waals surface area (Å²) in [5, 5.41) is 13.2. The van der Waals surface area contributed by atoms with E-state index in [1.54, 1.807) is 11.0 Å². The maximum atomic E-state index is 13.7. The first-order valence-corrected chi connectivity index (χ1v) is 10.7. The average Bonchev–Trinajstić information content (AvgIpc) is 3.51. The predicted molar refractivity (Wildman–Crippen MR) is 116 cm³/mol. The fourth-order valence-corrected chi connectivity index (χ4v) is 4.44. The summed E-state index contributed by atoms with van der Waals surface area (Å²) in [4.78, 5) is 41.7. The molecule has 0 unspecified atom stereocenters. The van der Waals surface area contributed by atoms with Gasteiger partial charge in [-0.05, 0) is 31.0 Å². The molecule has 1 aliphatic carbocycles. The van der Waals surface area contributed by atoms with E-state index < -0.39 is 21.9 Å². The molecular weight excluding hydrogens is 447 g/mol. The van der Waals surface area contributed by atoms with E-state index in [0.29, 0.717) is 10.9 Å². The van der Waals surface area contributed by atoms with Crippen molar-refractivity contribution in [1.82, 2.24) is 4.90 Å². The number of halogens is 2. The van der Waals surface area contributed by atoms with E-state index in [9.17, 15) is 24.1 Å². The number of rotatable bonds is 6. The molecule has 31 heavy (non-hydrogen) atoms. The van der Waals surface area contributed by atoms with Gasteiger partial charge in [0, 0.05) is 36.3 Å². The predicted octanol–water partition coefficient (Wildman–Crippen LogP) is 4.51. The molecule has 1 N–H and O–H groups in total. The molecule has 2 amide bonds. The number of benzene rings is 2. The van der Waals surface area contributed by atoms with Crippen molar-refractivity contribution in [2.75, 3.05) is 5.32 Å².